The molecule has 0 spiro atoms. The van der Waals surface area contributed by atoms with Crippen molar-refractivity contribution in [2.45, 2.75) is 31.3 Å². The third-order valence-corrected chi connectivity index (χ3v) is 6.08. The Labute approximate surface area is 137 Å². The maximum absolute atomic E-state index is 12.8. The van der Waals surface area contributed by atoms with Crippen molar-refractivity contribution >= 4 is 10.0 Å². The molecule has 0 radical (unpaired) electrons. The summed E-state index contributed by atoms with van der Waals surface area (Å²) in [5.41, 5.74) is 0.388. The monoisotopic (exact) mass is 347 g/mol. The molecule has 0 aliphatic carbocycles. The van der Waals surface area contributed by atoms with Crippen LogP contribution < -0.4 is 0 Å². The fourth-order valence-corrected chi connectivity index (χ4v) is 4.65. The van der Waals surface area contributed by atoms with E-state index in [1.807, 2.05) is 0 Å². The third-order valence-electron chi connectivity index (χ3n) is 3.94. The van der Waals surface area contributed by atoms with Gasteiger partial charge in [-0.15, -0.1) is 0 Å². The van der Waals surface area contributed by atoms with Crippen molar-refractivity contribution in [3.63, 3.8) is 0 Å². The number of sulfonamides is 1. The Morgan fingerprint density at radius 3 is 2.65 bits per heavy atom. The second-order valence-electron chi connectivity index (χ2n) is 5.82. The van der Waals surface area contributed by atoms with Gasteiger partial charge < -0.3 is 14.4 Å². The minimum atomic E-state index is -3.60. The quantitative estimate of drug-likeness (QED) is 0.773. The van der Waals surface area contributed by atoms with Crippen molar-refractivity contribution in [2.75, 3.05) is 46.4 Å². The molecule has 1 fully saturated rings. The van der Waals surface area contributed by atoms with E-state index in [2.05, 4.69) is 10.1 Å². The van der Waals surface area contributed by atoms with Gasteiger partial charge in [0.15, 0.2) is 5.76 Å². The Morgan fingerprint density at radius 1 is 1.30 bits per heavy atom. The SMILES string of the molecule is COC[C@@H](O)CN1CCCN(S(=O)(=O)c2c(C)noc2C)CC1. The van der Waals surface area contributed by atoms with Crippen molar-refractivity contribution in [3.8, 4) is 0 Å². The summed E-state index contributed by atoms with van der Waals surface area (Å²) >= 11 is 0. The van der Waals surface area contributed by atoms with Crippen LogP contribution in [-0.4, -0.2) is 80.4 Å². The van der Waals surface area contributed by atoms with Crippen LogP contribution in [0.25, 0.3) is 0 Å². The van der Waals surface area contributed by atoms with Gasteiger partial charge >= 0.3 is 0 Å². The number of ether oxygens (including phenoxy) is 1. The molecule has 2 heterocycles. The van der Waals surface area contributed by atoms with Gasteiger partial charge in [0.05, 0.1) is 12.7 Å². The Kier molecular flexibility index (Phi) is 6.15. The van der Waals surface area contributed by atoms with Gasteiger partial charge in [0, 0.05) is 33.3 Å². The number of aliphatic hydroxyl groups excluding tert-OH is 1. The summed E-state index contributed by atoms with van der Waals surface area (Å²) in [5.74, 6) is 0.319. The predicted octanol–water partition coefficient (Wildman–Crippen LogP) is -0.00486. The lowest BCUT2D eigenvalue weighted by Gasteiger charge is -2.23. The summed E-state index contributed by atoms with van der Waals surface area (Å²) < 4.78 is 37.0. The van der Waals surface area contributed by atoms with E-state index in [0.29, 0.717) is 44.1 Å². The molecule has 1 aromatic heterocycles. The van der Waals surface area contributed by atoms with Crippen molar-refractivity contribution in [1.82, 2.24) is 14.4 Å². The summed E-state index contributed by atoms with van der Waals surface area (Å²) in [5, 5.41) is 13.6. The second-order valence-corrected chi connectivity index (χ2v) is 7.70. The summed E-state index contributed by atoms with van der Waals surface area (Å²) in [6, 6.07) is 0. The number of rotatable bonds is 6. The van der Waals surface area contributed by atoms with E-state index in [4.69, 9.17) is 9.26 Å². The molecule has 1 atom stereocenters. The van der Waals surface area contributed by atoms with Crippen LogP contribution in [-0.2, 0) is 14.8 Å². The first kappa shape index (κ1) is 18.3. The second kappa shape index (κ2) is 7.71. The molecule has 0 aromatic carbocycles. The van der Waals surface area contributed by atoms with E-state index in [1.54, 1.807) is 21.0 Å². The number of aryl methyl sites for hydroxylation is 2. The van der Waals surface area contributed by atoms with Crippen LogP contribution in [0, 0.1) is 13.8 Å². The van der Waals surface area contributed by atoms with E-state index in [1.165, 1.54) is 4.31 Å². The van der Waals surface area contributed by atoms with Gasteiger partial charge in [-0.1, -0.05) is 5.16 Å². The molecule has 0 unspecified atom stereocenters. The minimum absolute atomic E-state index is 0.172. The number of hydrogen-bond donors (Lipinski definition) is 1. The normalized spacial score (nSPS) is 19.7. The molecular weight excluding hydrogens is 322 g/mol. The van der Waals surface area contributed by atoms with Crippen LogP contribution in [0.3, 0.4) is 0 Å². The fourth-order valence-electron chi connectivity index (χ4n) is 2.89. The van der Waals surface area contributed by atoms with Gasteiger partial charge in [-0.25, -0.2) is 8.42 Å². The van der Waals surface area contributed by atoms with Gasteiger partial charge in [0.25, 0.3) is 0 Å². The molecule has 9 heteroatoms. The Balaban J connectivity index is 2.05. The molecule has 1 saturated heterocycles. The molecule has 132 valence electrons. The Bertz CT molecular complexity index is 596. The number of nitrogens with zero attached hydrogens (tertiary/aromatic N) is 3. The zero-order chi connectivity index (χ0) is 17.0. The van der Waals surface area contributed by atoms with Crippen molar-refractivity contribution in [1.29, 1.82) is 0 Å². The van der Waals surface area contributed by atoms with Gasteiger partial charge in [-0.3, -0.25) is 4.90 Å². The fraction of sp³-hybridized carbons (Fsp3) is 0.786. The largest absolute Gasteiger partial charge is 0.389 e. The maximum atomic E-state index is 12.8. The molecule has 1 N–H and O–H groups in total. The highest BCUT2D eigenvalue weighted by Crippen LogP contribution is 2.24. The van der Waals surface area contributed by atoms with Gasteiger partial charge in [0.2, 0.25) is 10.0 Å². The number of aliphatic hydroxyl groups is 1. The Hall–Kier alpha value is -1.00. The summed E-state index contributed by atoms with van der Waals surface area (Å²) in [6.07, 6.45) is 0.146. The van der Waals surface area contributed by atoms with Crippen molar-refractivity contribution < 1.29 is 22.8 Å². The molecule has 8 nitrogen and oxygen atoms in total. The van der Waals surface area contributed by atoms with E-state index >= 15 is 0 Å². The van der Waals surface area contributed by atoms with Gasteiger partial charge in [-0.05, 0) is 26.8 Å². The Morgan fingerprint density at radius 2 is 2.04 bits per heavy atom. The summed E-state index contributed by atoms with van der Waals surface area (Å²) in [7, 11) is -2.06. The smallest absolute Gasteiger partial charge is 0.248 e. The first-order valence-corrected chi connectivity index (χ1v) is 9.12. The zero-order valence-corrected chi connectivity index (χ0v) is 14.7. The summed E-state index contributed by atoms with van der Waals surface area (Å²) in [4.78, 5) is 2.23. The molecule has 0 saturated carbocycles. The van der Waals surface area contributed by atoms with Crippen LogP contribution in [0.15, 0.2) is 9.42 Å². The van der Waals surface area contributed by atoms with Crippen LogP contribution in [0.4, 0.5) is 0 Å². The van der Waals surface area contributed by atoms with E-state index in [-0.39, 0.29) is 11.5 Å². The molecule has 0 amide bonds. The minimum Gasteiger partial charge on any atom is -0.389 e. The number of methoxy groups -OCH3 is 1. The van der Waals surface area contributed by atoms with Crippen molar-refractivity contribution in [3.05, 3.63) is 11.5 Å². The predicted molar refractivity (Wildman–Crippen MR) is 83.7 cm³/mol. The molecular formula is C14H25N3O5S. The highest BCUT2D eigenvalue weighted by molar-refractivity contribution is 7.89. The first-order valence-electron chi connectivity index (χ1n) is 7.68. The standard InChI is InChI=1S/C14H25N3O5S/c1-11-14(12(2)22-15-11)23(19,20)17-6-4-5-16(7-8-17)9-13(18)10-21-3/h13,18H,4-10H2,1-3H3/t13-/m0/s1. The van der Waals surface area contributed by atoms with Crippen molar-refractivity contribution in [2.24, 2.45) is 0 Å². The highest BCUT2D eigenvalue weighted by atomic mass is 32.2. The maximum Gasteiger partial charge on any atom is 0.248 e. The molecule has 1 aliphatic heterocycles. The molecule has 1 aromatic rings. The molecule has 0 bridgehead atoms. The number of β-amino-alcohol motifs (C(OH)–C–C–N with tert-alkyl or cyclic N) is 1. The van der Waals surface area contributed by atoms with E-state index < -0.39 is 16.1 Å². The molecule has 23 heavy (non-hydrogen) atoms. The highest BCUT2D eigenvalue weighted by Gasteiger charge is 2.32. The van der Waals surface area contributed by atoms with Crippen LogP contribution in [0.5, 0.6) is 0 Å². The first-order chi connectivity index (χ1) is 10.9. The lowest BCUT2D eigenvalue weighted by atomic mass is 10.3. The van der Waals surface area contributed by atoms with E-state index in [0.717, 1.165) is 6.54 Å². The van der Waals surface area contributed by atoms with Gasteiger partial charge in [-0.2, -0.15) is 4.31 Å². The van der Waals surface area contributed by atoms with Crippen LogP contribution in [0.2, 0.25) is 0 Å². The number of hydrogen-bond acceptors (Lipinski definition) is 7. The number of aromatic nitrogens is 1. The average Bonchev–Trinajstić information content (AvgIpc) is 2.69. The van der Waals surface area contributed by atoms with Gasteiger partial charge in [0.1, 0.15) is 10.6 Å². The summed E-state index contributed by atoms with van der Waals surface area (Å²) in [6.45, 7) is 6.14. The van der Waals surface area contributed by atoms with Crippen LogP contribution >= 0.6 is 0 Å². The third kappa shape index (κ3) is 4.30. The topological polar surface area (TPSA) is 96.1 Å². The molecule has 1 aliphatic rings. The average molecular weight is 347 g/mol. The molecule has 2 rings (SSSR count). The zero-order valence-electron chi connectivity index (χ0n) is 13.9. The lowest BCUT2D eigenvalue weighted by molar-refractivity contribution is 0.0389. The van der Waals surface area contributed by atoms with Crippen LogP contribution in [0.1, 0.15) is 17.9 Å². The van der Waals surface area contributed by atoms with E-state index in [9.17, 15) is 13.5 Å². The lowest BCUT2D eigenvalue weighted by Crippen LogP contribution is -2.38.